The first kappa shape index (κ1) is 13.3. The van der Waals surface area contributed by atoms with Gasteiger partial charge >= 0.3 is 5.69 Å². The summed E-state index contributed by atoms with van der Waals surface area (Å²) in [5.74, 6) is -0.570. The lowest BCUT2D eigenvalue weighted by atomic mass is 10.2. The van der Waals surface area contributed by atoms with E-state index in [1.165, 1.54) is 7.05 Å². The highest BCUT2D eigenvalue weighted by Crippen LogP contribution is 2.14. The number of halogens is 1. The Bertz CT molecular complexity index is 731. The van der Waals surface area contributed by atoms with Crippen molar-refractivity contribution >= 4 is 27.5 Å². The SMILES string of the molecule is Cn1c(=O)[nH]cc(C(=O)Nc2ccc(Br)cc2)c1=O. The first-order valence-corrected chi connectivity index (χ1v) is 6.14. The second-order valence-electron chi connectivity index (χ2n) is 3.83. The van der Waals surface area contributed by atoms with Gasteiger partial charge in [0.1, 0.15) is 5.56 Å². The molecule has 0 unspecified atom stereocenters. The fraction of sp³-hybridized carbons (Fsp3) is 0.0833. The molecular formula is C12H10BrN3O3. The predicted molar refractivity (Wildman–Crippen MR) is 74.4 cm³/mol. The van der Waals surface area contributed by atoms with E-state index >= 15 is 0 Å². The Kier molecular flexibility index (Phi) is 3.66. The molecule has 0 saturated heterocycles. The summed E-state index contributed by atoms with van der Waals surface area (Å²) in [6.45, 7) is 0. The quantitative estimate of drug-likeness (QED) is 0.867. The van der Waals surface area contributed by atoms with Crippen LogP contribution >= 0.6 is 15.9 Å². The Labute approximate surface area is 116 Å². The number of aromatic amines is 1. The molecule has 19 heavy (non-hydrogen) atoms. The summed E-state index contributed by atoms with van der Waals surface area (Å²) in [7, 11) is 1.30. The zero-order valence-electron chi connectivity index (χ0n) is 9.94. The highest BCUT2D eigenvalue weighted by atomic mass is 79.9. The van der Waals surface area contributed by atoms with E-state index in [1.54, 1.807) is 24.3 Å². The van der Waals surface area contributed by atoms with Gasteiger partial charge in [-0.15, -0.1) is 0 Å². The maximum absolute atomic E-state index is 11.9. The van der Waals surface area contributed by atoms with Gasteiger partial charge in [-0.05, 0) is 24.3 Å². The average Bonchev–Trinajstić information content (AvgIpc) is 2.39. The fourth-order valence-electron chi connectivity index (χ4n) is 1.46. The van der Waals surface area contributed by atoms with Crippen LogP contribution in [0, 0.1) is 0 Å². The average molecular weight is 324 g/mol. The number of hydrogen-bond donors (Lipinski definition) is 2. The molecule has 0 aliphatic heterocycles. The zero-order chi connectivity index (χ0) is 14.0. The third kappa shape index (κ3) is 2.82. The minimum Gasteiger partial charge on any atom is -0.322 e. The van der Waals surface area contributed by atoms with E-state index in [4.69, 9.17) is 0 Å². The van der Waals surface area contributed by atoms with Crippen LogP contribution in [0.4, 0.5) is 5.69 Å². The van der Waals surface area contributed by atoms with Gasteiger partial charge in [0.15, 0.2) is 0 Å². The van der Waals surface area contributed by atoms with E-state index in [9.17, 15) is 14.4 Å². The molecule has 0 bridgehead atoms. The third-order valence-electron chi connectivity index (χ3n) is 2.53. The van der Waals surface area contributed by atoms with Gasteiger partial charge in [-0.1, -0.05) is 15.9 Å². The van der Waals surface area contributed by atoms with Crippen LogP contribution in [0.1, 0.15) is 10.4 Å². The molecule has 0 aliphatic carbocycles. The van der Waals surface area contributed by atoms with Gasteiger partial charge in [-0.2, -0.15) is 0 Å². The molecule has 6 nitrogen and oxygen atoms in total. The van der Waals surface area contributed by atoms with Crippen LogP contribution in [0.15, 0.2) is 44.5 Å². The van der Waals surface area contributed by atoms with Gasteiger partial charge in [-0.3, -0.25) is 14.2 Å². The van der Waals surface area contributed by atoms with Crippen LogP contribution in [0.3, 0.4) is 0 Å². The van der Waals surface area contributed by atoms with Crippen LogP contribution < -0.4 is 16.6 Å². The first-order valence-electron chi connectivity index (χ1n) is 5.34. The Morgan fingerprint density at radius 3 is 2.53 bits per heavy atom. The van der Waals surface area contributed by atoms with Crippen LogP contribution in [0.2, 0.25) is 0 Å². The molecule has 1 amide bonds. The van der Waals surface area contributed by atoms with E-state index in [0.717, 1.165) is 15.2 Å². The molecule has 0 radical (unpaired) electrons. The van der Waals surface area contributed by atoms with E-state index in [0.29, 0.717) is 5.69 Å². The molecule has 0 saturated carbocycles. The molecule has 1 aromatic heterocycles. The molecular weight excluding hydrogens is 314 g/mol. The topological polar surface area (TPSA) is 84.0 Å². The number of hydrogen-bond acceptors (Lipinski definition) is 3. The molecule has 1 aromatic carbocycles. The van der Waals surface area contributed by atoms with Crippen molar-refractivity contribution in [2.75, 3.05) is 5.32 Å². The van der Waals surface area contributed by atoms with Gasteiger partial charge in [0.25, 0.3) is 11.5 Å². The van der Waals surface area contributed by atoms with Gasteiger partial charge < -0.3 is 10.3 Å². The summed E-state index contributed by atoms with van der Waals surface area (Å²) in [6.07, 6.45) is 1.11. The fourth-order valence-corrected chi connectivity index (χ4v) is 1.72. The minimum atomic E-state index is -0.640. The van der Waals surface area contributed by atoms with E-state index in [2.05, 4.69) is 26.2 Å². The molecule has 0 aliphatic rings. The Morgan fingerprint density at radius 1 is 1.26 bits per heavy atom. The van der Waals surface area contributed by atoms with E-state index in [1.807, 2.05) is 0 Å². The molecule has 0 spiro atoms. The lowest BCUT2D eigenvalue weighted by Gasteiger charge is -2.05. The van der Waals surface area contributed by atoms with Gasteiger partial charge in [0.2, 0.25) is 0 Å². The number of amides is 1. The van der Waals surface area contributed by atoms with Gasteiger partial charge in [0.05, 0.1) is 0 Å². The van der Waals surface area contributed by atoms with Crippen LogP contribution in [-0.2, 0) is 7.05 Å². The summed E-state index contributed by atoms with van der Waals surface area (Å²) < 4.78 is 1.72. The van der Waals surface area contributed by atoms with Crippen molar-refractivity contribution in [2.45, 2.75) is 0 Å². The highest BCUT2D eigenvalue weighted by molar-refractivity contribution is 9.10. The maximum Gasteiger partial charge on any atom is 0.328 e. The lowest BCUT2D eigenvalue weighted by Crippen LogP contribution is -2.37. The largest absolute Gasteiger partial charge is 0.328 e. The van der Waals surface area contributed by atoms with E-state index < -0.39 is 17.2 Å². The summed E-state index contributed by atoms with van der Waals surface area (Å²) in [4.78, 5) is 37.2. The summed E-state index contributed by atoms with van der Waals surface area (Å²) in [5, 5.41) is 2.58. The lowest BCUT2D eigenvalue weighted by molar-refractivity contribution is 0.102. The number of benzene rings is 1. The van der Waals surface area contributed by atoms with Crippen molar-refractivity contribution in [3.8, 4) is 0 Å². The predicted octanol–water partition coefficient (Wildman–Crippen LogP) is 1.09. The number of carbonyl (C=O) groups is 1. The number of aromatic nitrogens is 2. The number of nitrogens with one attached hydrogen (secondary N) is 2. The highest BCUT2D eigenvalue weighted by Gasteiger charge is 2.13. The normalized spacial score (nSPS) is 10.2. The van der Waals surface area contributed by atoms with Crippen molar-refractivity contribution < 1.29 is 4.79 Å². The van der Waals surface area contributed by atoms with Crippen molar-refractivity contribution in [3.05, 3.63) is 61.3 Å². The van der Waals surface area contributed by atoms with Gasteiger partial charge in [0, 0.05) is 23.4 Å². The molecule has 2 N–H and O–H groups in total. The van der Waals surface area contributed by atoms with Crippen molar-refractivity contribution in [1.82, 2.24) is 9.55 Å². The maximum atomic E-state index is 11.9. The summed E-state index contributed by atoms with van der Waals surface area (Å²) in [5.41, 5.74) is -0.768. The molecule has 0 atom stereocenters. The monoisotopic (exact) mass is 323 g/mol. The Morgan fingerprint density at radius 2 is 1.89 bits per heavy atom. The van der Waals surface area contributed by atoms with Gasteiger partial charge in [-0.25, -0.2) is 4.79 Å². The second kappa shape index (κ2) is 5.23. The number of nitrogens with zero attached hydrogens (tertiary/aromatic N) is 1. The smallest absolute Gasteiger partial charge is 0.322 e. The Balaban J connectivity index is 2.31. The molecule has 1 heterocycles. The number of carbonyl (C=O) groups excluding carboxylic acids is 1. The van der Waals surface area contributed by atoms with Crippen LogP contribution in [-0.4, -0.2) is 15.5 Å². The molecule has 2 rings (SSSR count). The number of H-pyrrole nitrogens is 1. The molecule has 0 fully saturated rings. The molecule has 2 aromatic rings. The molecule has 98 valence electrons. The molecule has 7 heteroatoms. The number of rotatable bonds is 2. The summed E-state index contributed by atoms with van der Waals surface area (Å²) in [6, 6.07) is 6.91. The minimum absolute atomic E-state index is 0.120. The van der Waals surface area contributed by atoms with Crippen molar-refractivity contribution in [1.29, 1.82) is 0 Å². The van der Waals surface area contributed by atoms with Crippen LogP contribution in [0.25, 0.3) is 0 Å². The zero-order valence-corrected chi connectivity index (χ0v) is 11.5. The summed E-state index contributed by atoms with van der Waals surface area (Å²) >= 11 is 3.28. The third-order valence-corrected chi connectivity index (χ3v) is 3.06. The second-order valence-corrected chi connectivity index (χ2v) is 4.75. The van der Waals surface area contributed by atoms with Crippen molar-refractivity contribution in [2.24, 2.45) is 7.05 Å². The van der Waals surface area contributed by atoms with Crippen molar-refractivity contribution in [3.63, 3.8) is 0 Å². The standard InChI is InChI=1S/C12H10BrN3O3/c1-16-11(18)9(6-14-12(16)19)10(17)15-8-4-2-7(13)3-5-8/h2-6H,1H3,(H,14,19)(H,15,17). The van der Waals surface area contributed by atoms with E-state index in [-0.39, 0.29) is 5.56 Å². The number of anilines is 1. The van der Waals surface area contributed by atoms with Crippen LogP contribution in [0.5, 0.6) is 0 Å². The first-order chi connectivity index (χ1) is 8.99. The Hall–Kier alpha value is -2.15.